The molecule has 1 saturated heterocycles. The number of rotatable bonds is 7. The van der Waals surface area contributed by atoms with Crippen LogP contribution in [0.3, 0.4) is 0 Å². The minimum absolute atomic E-state index is 0.163. The summed E-state index contributed by atoms with van der Waals surface area (Å²) in [5.41, 5.74) is 1.88. The Morgan fingerprint density at radius 2 is 1.86 bits per heavy atom. The van der Waals surface area contributed by atoms with Gasteiger partial charge in [-0.25, -0.2) is 0 Å². The fraction of sp³-hybridized carbons (Fsp3) is 0.429. The Morgan fingerprint density at radius 3 is 2.57 bits per heavy atom. The van der Waals surface area contributed by atoms with Gasteiger partial charge in [0, 0.05) is 24.7 Å². The van der Waals surface area contributed by atoms with E-state index in [0.717, 1.165) is 19.4 Å². The maximum Gasteiger partial charge on any atom is 0.573 e. The predicted octanol–water partition coefficient (Wildman–Crippen LogP) is 4.57. The van der Waals surface area contributed by atoms with Gasteiger partial charge in [0.15, 0.2) is 0 Å². The van der Waals surface area contributed by atoms with Crippen LogP contribution in [0, 0.1) is 0 Å². The molecule has 2 aromatic carbocycles. The number of benzene rings is 2. The molecule has 4 nitrogen and oxygen atoms in total. The molecule has 0 amide bonds. The molecule has 0 saturated carbocycles. The maximum atomic E-state index is 12.6. The van der Waals surface area contributed by atoms with Crippen molar-refractivity contribution in [3.8, 4) is 11.5 Å². The highest BCUT2D eigenvalue weighted by atomic mass is 19.4. The average molecular weight is 394 g/mol. The highest BCUT2D eigenvalue weighted by Crippen LogP contribution is 2.29. The molecule has 28 heavy (non-hydrogen) atoms. The fourth-order valence-corrected chi connectivity index (χ4v) is 3.54. The molecular weight excluding hydrogens is 369 g/mol. The summed E-state index contributed by atoms with van der Waals surface area (Å²) in [6.07, 6.45) is -2.70. The molecule has 2 N–H and O–H groups in total. The Bertz CT molecular complexity index is 753. The number of hydrogen-bond acceptors (Lipinski definition) is 4. The van der Waals surface area contributed by atoms with Crippen LogP contribution in [0.2, 0.25) is 0 Å². The molecule has 3 rings (SSSR count). The summed E-state index contributed by atoms with van der Waals surface area (Å²) >= 11 is 0. The largest absolute Gasteiger partial charge is 0.573 e. The van der Waals surface area contributed by atoms with E-state index in [0.29, 0.717) is 24.5 Å². The summed E-state index contributed by atoms with van der Waals surface area (Å²) in [5, 5.41) is 7.03. The topological polar surface area (TPSA) is 42.5 Å². The van der Waals surface area contributed by atoms with E-state index in [1.165, 1.54) is 17.7 Å². The molecule has 152 valence electrons. The Hall–Kier alpha value is -2.25. The Labute approximate surface area is 163 Å². The van der Waals surface area contributed by atoms with Crippen LogP contribution >= 0.6 is 0 Å². The van der Waals surface area contributed by atoms with Gasteiger partial charge in [0.25, 0.3) is 0 Å². The zero-order valence-electron chi connectivity index (χ0n) is 15.8. The van der Waals surface area contributed by atoms with E-state index >= 15 is 0 Å². The van der Waals surface area contributed by atoms with Gasteiger partial charge in [0.2, 0.25) is 0 Å². The maximum absolute atomic E-state index is 12.6. The quantitative estimate of drug-likeness (QED) is 0.722. The number of nitrogens with one attached hydrogen (secondary N) is 2. The van der Waals surface area contributed by atoms with Gasteiger partial charge in [-0.05, 0) is 49.6 Å². The van der Waals surface area contributed by atoms with Crippen LogP contribution in [0.1, 0.15) is 36.9 Å². The number of ether oxygens (including phenoxy) is 2. The van der Waals surface area contributed by atoms with Gasteiger partial charge < -0.3 is 20.1 Å². The van der Waals surface area contributed by atoms with Crippen LogP contribution in [-0.2, 0) is 6.54 Å². The highest BCUT2D eigenvalue weighted by molar-refractivity contribution is 5.38. The van der Waals surface area contributed by atoms with Crippen molar-refractivity contribution in [2.24, 2.45) is 0 Å². The molecule has 0 aromatic heterocycles. The molecule has 0 spiro atoms. The Kier molecular flexibility index (Phi) is 6.80. The molecule has 0 unspecified atom stereocenters. The van der Waals surface area contributed by atoms with E-state index in [2.05, 4.69) is 27.5 Å². The second-order valence-corrected chi connectivity index (χ2v) is 6.77. The molecule has 2 aromatic rings. The van der Waals surface area contributed by atoms with Gasteiger partial charge in [-0.1, -0.05) is 30.3 Å². The second kappa shape index (κ2) is 9.30. The first-order chi connectivity index (χ1) is 13.4. The number of alkyl halides is 3. The third kappa shape index (κ3) is 5.87. The van der Waals surface area contributed by atoms with Crippen molar-refractivity contribution in [3.63, 3.8) is 0 Å². The van der Waals surface area contributed by atoms with Gasteiger partial charge in [-0.15, -0.1) is 13.2 Å². The molecule has 0 radical (unpaired) electrons. The lowest BCUT2D eigenvalue weighted by Crippen LogP contribution is -2.45. The van der Waals surface area contributed by atoms with Crippen LogP contribution in [-0.4, -0.2) is 25.6 Å². The smallest absolute Gasteiger partial charge is 0.494 e. The van der Waals surface area contributed by atoms with Gasteiger partial charge >= 0.3 is 6.36 Å². The molecule has 0 bridgehead atoms. The van der Waals surface area contributed by atoms with E-state index in [4.69, 9.17) is 4.74 Å². The summed E-state index contributed by atoms with van der Waals surface area (Å²) in [4.78, 5) is 0. The van der Waals surface area contributed by atoms with Crippen LogP contribution in [0.15, 0.2) is 48.5 Å². The van der Waals surface area contributed by atoms with Gasteiger partial charge in [-0.2, -0.15) is 0 Å². The van der Waals surface area contributed by atoms with Crippen molar-refractivity contribution in [3.05, 3.63) is 59.7 Å². The standard InChI is InChI=1S/C21H25F3N2O2/c1-2-27-17-11-15(12-18(13-17)28-21(22,23)24)14-26-19-9-6-10-25-20(19)16-7-4-3-5-8-16/h3-5,7-8,11-13,19-20,25-26H,2,6,9-10,14H2,1H3/t19-,20-/m0/s1. The average Bonchev–Trinajstić information content (AvgIpc) is 2.66. The normalized spacial score (nSPS) is 20.0. The van der Waals surface area contributed by atoms with Crippen LogP contribution < -0.4 is 20.1 Å². The fourth-order valence-electron chi connectivity index (χ4n) is 3.54. The third-order valence-electron chi connectivity index (χ3n) is 4.67. The Balaban J connectivity index is 1.73. The molecule has 1 aliphatic rings. The number of hydrogen-bond donors (Lipinski definition) is 2. The van der Waals surface area contributed by atoms with Crippen LogP contribution in [0.25, 0.3) is 0 Å². The summed E-state index contributed by atoms with van der Waals surface area (Å²) in [5.74, 6) is 0.0963. The van der Waals surface area contributed by atoms with Crippen LogP contribution in [0.5, 0.6) is 11.5 Å². The molecule has 7 heteroatoms. The van der Waals surface area contributed by atoms with Gasteiger partial charge in [-0.3, -0.25) is 0 Å². The third-order valence-corrected chi connectivity index (χ3v) is 4.67. The minimum atomic E-state index is -4.73. The summed E-state index contributed by atoms with van der Waals surface area (Å²) in [7, 11) is 0. The van der Waals surface area contributed by atoms with Crippen molar-refractivity contribution < 1.29 is 22.6 Å². The van der Waals surface area contributed by atoms with E-state index in [1.54, 1.807) is 13.0 Å². The Morgan fingerprint density at radius 1 is 1.11 bits per heavy atom. The summed E-state index contributed by atoms with van der Waals surface area (Å²) in [6, 6.07) is 14.9. The number of halogens is 3. The van der Waals surface area contributed by atoms with E-state index in [-0.39, 0.29) is 17.8 Å². The molecule has 1 fully saturated rings. The lowest BCUT2D eigenvalue weighted by atomic mass is 9.92. The zero-order chi connectivity index (χ0) is 20.0. The van der Waals surface area contributed by atoms with Crippen molar-refractivity contribution in [1.82, 2.24) is 10.6 Å². The molecule has 1 aliphatic heterocycles. The van der Waals surface area contributed by atoms with Gasteiger partial charge in [0.05, 0.1) is 6.61 Å². The SMILES string of the molecule is CCOc1cc(CN[C@H]2CCCN[C@H]2c2ccccc2)cc(OC(F)(F)F)c1. The summed E-state index contributed by atoms with van der Waals surface area (Å²) < 4.78 is 47.3. The molecule has 1 heterocycles. The number of piperidine rings is 1. The predicted molar refractivity (Wildman–Crippen MR) is 101 cm³/mol. The second-order valence-electron chi connectivity index (χ2n) is 6.77. The van der Waals surface area contributed by atoms with Crippen molar-refractivity contribution in [1.29, 1.82) is 0 Å². The van der Waals surface area contributed by atoms with Crippen molar-refractivity contribution in [2.45, 2.75) is 44.8 Å². The zero-order valence-corrected chi connectivity index (χ0v) is 15.8. The monoisotopic (exact) mass is 394 g/mol. The van der Waals surface area contributed by atoms with Crippen molar-refractivity contribution in [2.75, 3.05) is 13.2 Å². The summed E-state index contributed by atoms with van der Waals surface area (Å²) in [6.45, 7) is 3.52. The van der Waals surface area contributed by atoms with E-state index in [1.807, 2.05) is 18.2 Å². The van der Waals surface area contributed by atoms with Crippen molar-refractivity contribution >= 4 is 0 Å². The first-order valence-electron chi connectivity index (χ1n) is 9.49. The lowest BCUT2D eigenvalue weighted by Gasteiger charge is -2.34. The van der Waals surface area contributed by atoms with E-state index < -0.39 is 6.36 Å². The molecule has 0 aliphatic carbocycles. The van der Waals surface area contributed by atoms with Crippen LogP contribution in [0.4, 0.5) is 13.2 Å². The van der Waals surface area contributed by atoms with Gasteiger partial charge in [0.1, 0.15) is 11.5 Å². The molecular formula is C21H25F3N2O2. The van der Waals surface area contributed by atoms with E-state index in [9.17, 15) is 13.2 Å². The first-order valence-corrected chi connectivity index (χ1v) is 9.49. The highest BCUT2D eigenvalue weighted by Gasteiger charge is 2.31. The lowest BCUT2D eigenvalue weighted by molar-refractivity contribution is -0.274. The first kappa shape index (κ1) is 20.5. The molecule has 2 atom stereocenters. The minimum Gasteiger partial charge on any atom is -0.494 e.